The minimum Gasteiger partial charge on any atom is -0.494 e. The lowest BCUT2D eigenvalue weighted by atomic mass is 9.88. The first-order valence-corrected chi connectivity index (χ1v) is 11.0. The summed E-state index contributed by atoms with van der Waals surface area (Å²) in [7, 11) is 1.58. The van der Waals surface area contributed by atoms with E-state index in [1.807, 2.05) is 10.6 Å². The van der Waals surface area contributed by atoms with Gasteiger partial charge in [0.1, 0.15) is 5.56 Å². The molecule has 2 heterocycles. The van der Waals surface area contributed by atoms with Crippen LogP contribution >= 0.6 is 11.3 Å². The van der Waals surface area contributed by atoms with Gasteiger partial charge in [0.05, 0.1) is 24.1 Å². The van der Waals surface area contributed by atoms with Crippen molar-refractivity contribution in [2.24, 2.45) is 5.92 Å². The molecule has 2 atom stereocenters. The Labute approximate surface area is 177 Å². The molecule has 7 heteroatoms. The van der Waals surface area contributed by atoms with Gasteiger partial charge < -0.3 is 19.5 Å². The number of ether oxygens (including phenoxy) is 1. The number of methoxy groups -OCH3 is 1. The Bertz CT molecular complexity index is 1240. The van der Waals surface area contributed by atoms with Crippen LogP contribution in [0.3, 0.4) is 0 Å². The lowest BCUT2D eigenvalue weighted by molar-refractivity contribution is 0.0694. The third kappa shape index (κ3) is 2.87. The molecule has 30 heavy (non-hydrogen) atoms. The van der Waals surface area contributed by atoms with Crippen LogP contribution in [0.15, 0.2) is 29.2 Å². The molecule has 2 aliphatic rings. The first kappa shape index (κ1) is 19.3. The maximum Gasteiger partial charge on any atom is 0.341 e. The van der Waals surface area contributed by atoms with Gasteiger partial charge in [0, 0.05) is 27.6 Å². The van der Waals surface area contributed by atoms with E-state index in [-0.39, 0.29) is 17.5 Å². The molecule has 0 spiro atoms. The van der Waals surface area contributed by atoms with E-state index in [0.29, 0.717) is 16.7 Å². The van der Waals surface area contributed by atoms with Crippen molar-refractivity contribution in [3.63, 3.8) is 0 Å². The standard InChI is InChI=1S/C23H23NO5S/c1-11-3-4-12-9-17(30-22(12)19(11)25)14-7-8-15-18(21(14)29-2)24(13-5-6-13)10-16(20(15)26)23(27)28/h7-11,13,19,25H,3-6H2,1-2H3,(H,27,28). The van der Waals surface area contributed by atoms with Gasteiger partial charge in [0.2, 0.25) is 5.43 Å². The number of aromatic carboxylic acids is 1. The molecule has 0 radical (unpaired) electrons. The number of fused-ring (bicyclic) bond motifs is 2. The van der Waals surface area contributed by atoms with E-state index in [4.69, 9.17) is 4.74 Å². The van der Waals surface area contributed by atoms with Crippen LogP contribution in [0.2, 0.25) is 0 Å². The molecule has 0 aliphatic heterocycles. The summed E-state index contributed by atoms with van der Waals surface area (Å²) in [6.07, 6.45) is 4.79. The number of aliphatic hydroxyl groups excluding tert-OH is 1. The molecule has 156 valence electrons. The fraction of sp³-hybridized carbons (Fsp3) is 0.391. The van der Waals surface area contributed by atoms with Crippen LogP contribution in [-0.2, 0) is 6.42 Å². The molecule has 2 N–H and O–H groups in total. The highest BCUT2D eigenvalue weighted by molar-refractivity contribution is 7.15. The Kier molecular flexibility index (Phi) is 4.48. The highest BCUT2D eigenvalue weighted by Gasteiger charge is 2.31. The number of thiophene rings is 1. The van der Waals surface area contributed by atoms with Crippen molar-refractivity contribution < 1.29 is 19.7 Å². The molecular formula is C23H23NO5S. The molecular weight excluding hydrogens is 402 g/mol. The lowest BCUT2D eigenvalue weighted by Gasteiger charge is -2.24. The maximum absolute atomic E-state index is 12.8. The van der Waals surface area contributed by atoms with Crippen molar-refractivity contribution in [3.05, 3.63) is 50.6 Å². The van der Waals surface area contributed by atoms with E-state index < -0.39 is 17.5 Å². The number of aromatic nitrogens is 1. The van der Waals surface area contributed by atoms with Crippen molar-refractivity contribution >= 4 is 28.2 Å². The molecule has 1 aromatic carbocycles. The number of nitrogens with zero attached hydrogens (tertiary/aromatic N) is 1. The molecule has 1 fully saturated rings. The summed E-state index contributed by atoms with van der Waals surface area (Å²) >= 11 is 1.57. The van der Waals surface area contributed by atoms with Crippen LogP contribution < -0.4 is 10.2 Å². The van der Waals surface area contributed by atoms with Crippen molar-refractivity contribution in [1.29, 1.82) is 0 Å². The summed E-state index contributed by atoms with van der Waals surface area (Å²) in [4.78, 5) is 26.4. The average molecular weight is 426 g/mol. The molecule has 0 amide bonds. The highest BCUT2D eigenvalue weighted by atomic mass is 32.1. The van der Waals surface area contributed by atoms with Gasteiger partial charge in [-0.15, -0.1) is 11.3 Å². The Hall–Kier alpha value is -2.64. The van der Waals surface area contributed by atoms with Gasteiger partial charge in [-0.25, -0.2) is 4.79 Å². The molecule has 3 aromatic rings. The van der Waals surface area contributed by atoms with Gasteiger partial charge in [-0.2, -0.15) is 0 Å². The number of rotatable bonds is 4. The van der Waals surface area contributed by atoms with E-state index >= 15 is 0 Å². The van der Waals surface area contributed by atoms with Crippen molar-refractivity contribution in [1.82, 2.24) is 4.57 Å². The fourth-order valence-corrected chi connectivity index (χ4v) is 5.79. The van der Waals surface area contributed by atoms with E-state index in [2.05, 4.69) is 13.0 Å². The van der Waals surface area contributed by atoms with Crippen LogP contribution in [0, 0.1) is 5.92 Å². The topological polar surface area (TPSA) is 88.8 Å². The quantitative estimate of drug-likeness (QED) is 0.647. The summed E-state index contributed by atoms with van der Waals surface area (Å²) in [5.74, 6) is -0.403. The van der Waals surface area contributed by atoms with Crippen LogP contribution in [0.4, 0.5) is 0 Å². The molecule has 0 bridgehead atoms. The number of carbonyl (C=O) groups is 1. The fourth-order valence-electron chi connectivity index (χ4n) is 4.43. The largest absolute Gasteiger partial charge is 0.494 e. The summed E-state index contributed by atoms with van der Waals surface area (Å²) < 4.78 is 7.70. The number of benzene rings is 1. The number of aryl methyl sites for hydroxylation is 1. The van der Waals surface area contributed by atoms with Crippen molar-refractivity contribution in [2.75, 3.05) is 7.11 Å². The maximum atomic E-state index is 12.8. The minimum absolute atomic E-state index is 0.176. The van der Waals surface area contributed by atoms with Gasteiger partial charge >= 0.3 is 5.97 Å². The zero-order chi connectivity index (χ0) is 21.2. The monoisotopic (exact) mass is 425 g/mol. The van der Waals surface area contributed by atoms with E-state index in [1.165, 1.54) is 11.8 Å². The van der Waals surface area contributed by atoms with Gasteiger partial charge in [-0.3, -0.25) is 4.79 Å². The van der Waals surface area contributed by atoms with Gasteiger partial charge in [0.15, 0.2) is 5.75 Å². The van der Waals surface area contributed by atoms with Gasteiger partial charge in [-0.1, -0.05) is 6.92 Å². The normalized spacial score (nSPS) is 20.9. The van der Waals surface area contributed by atoms with E-state index in [9.17, 15) is 19.8 Å². The second-order valence-electron chi connectivity index (χ2n) is 8.32. The van der Waals surface area contributed by atoms with Crippen LogP contribution in [0.1, 0.15) is 59.1 Å². The average Bonchev–Trinajstić information content (AvgIpc) is 3.48. The number of hydrogen-bond acceptors (Lipinski definition) is 5. The van der Waals surface area contributed by atoms with Crippen LogP contribution in [-0.4, -0.2) is 27.9 Å². The molecule has 2 aliphatic carbocycles. The molecule has 2 unspecified atom stereocenters. The minimum atomic E-state index is -1.21. The van der Waals surface area contributed by atoms with Crippen LogP contribution in [0.5, 0.6) is 5.75 Å². The predicted octanol–water partition coefficient (Wildman–Crippen LogP) is 4.39. The number of hydrogen-bond donors (Lipinski definition) is 2. The molecule has 6 nitrogen and oxygen atoms in total. The van der Waals surface area contributed by atoms with Gasteiger partial charge in [-0.05, 0) is 55.4 Å². The summed E-state index contributed by atoms with van der Waals surface area (Å²) in [5.41, 5.74) is 1.97. The second-order valence-corrected chi connectivity index (χ2v) is 9.40. The summed E-state index contributed by atoms with van der Waals surface area (Å²) in [6.45, 7) is 2.07. The summed E-state index contributed by atoms with van der Waals surface area (Å²) in [6, 6.07) is 5.83. The van der Waals surface area contributed by atoms with E-state index in [1.54, 1.807) is 24.5 Å². The molecule has 5 rings (SSSR count). The Morgan fingerprint density at radius 1 is 1.27 bits per heavy atom. The zero-order valence-electron chi connectivity index (χ0n) is 16.8. The Balaban J connectivity index is 1.77. The number of carboxylic acid groups (broad SMARTS) is 1. The van der Waals surface area contributed by atoms with E-state index in [0.717, 1.165) is 41.0 Å². The first-order chi connectivity index (χ1) is 14.4. The third-order valence-corrected chi connectivity index (χ3v) is 7.59. The zero-order valence-corrected chi connectivity index (χ0v) is 17.7. The molecule has 1 saturated carbocycles. The van der Waals surface area contributed by atoms with Crippen LogP contribution in [0.25, 0.3) is 21.3 Å². The first-order valence-electron chi connectivity index (χ1n) is 10.2. The smallest absolute Gasteiger partial charge is 0.341 e. The molecule has 0 saturated heterocycles. The number of pyridine rings is 1. The Morgan fingerprint density at radius 3 is 2.70 bits per heavy atom. The predicted molar refractivity (Wildman–Crippen MR) is 116 cm³/mol. The summed E-state index contributed by atoms with van der Waals surface area (Å²) in [5, 5.41) is 20.5. The SMILES string of the molecule is COc1c(-c2cc3c(s2)C(O)C(C)CC3)ccc2c(=O)c(C(=O)O)cn(C3CC3)c12. The Morgan fingerprint density at radius 2 is 2.03 bits per heavy atom. The lowest BCUT2D eigenvalue weighted by Crippen LogP contribution is -2.19. The highest BCUT2D eigenvalue weighted by Crippen LogP contribution is 2.47. The van der Waals surface area contributed by atoms with Crippen molar-refractivity contribution in [3.8, 4) is 16.2 Å². The second kappa shape index (κ2) is 6.96. The van der Waals surface area contributed by atoms with Crippen molar-refractivity contribution in [2.45, 2.75) is 44.8 Å². The number of carboxylic acids is 1. The number of aliphatic hydroxyl groups is 1. The third-order valence-electron chi connectivity index (χ3n) is 6.31. The van der Waals surface area contributed by atoms with Gasteiger partial charge in [0.25, 0.3) is 0 Å². The molecule has 2 aromatic heterocycles.